The SMILES string of the molecule is C[C@H](NC(=O)CN1CCC[C@@H]1c1cccn1C)c1ccccc1. The van der Waals surface area contributed by atoms with Crippen molar-refractivity contribution in [2.45, 2.75) is 31.8 Å². The van der Waals surface area contributed by atoms with Gasteiger partial charge in [-0.1, -0.05) is 30.3 Å². The van der Waals surface area contributed by atoms with Gasteiger partial charge in [-0.25, -0.2) is 0 Å². The van der Waals surface area contributed by atoms with Gasteiger partial charge < -0.3 is 9.88 Å². The lowest BCUT2D eigenvalue weighted by atomic mass is 10.1. The van der Waals surface area contributed by atoms with Gasteiger partial charge in [0, 0.05) is 18.9 Å². The van der Waals surface area contributed by atoms with Crippen molar-refractivity contribution in [3.8, 4) is 0 Å². The summed E-state index contributed by atoms with van der Waals surface area (Å²) in [6, 6.07) is 14.7. The molecule has 1 fully saturated rings. The zero-order valence-electron chi connectivity index (χ0n) is 13.9. The normalized spacial score (nSPS) is 19.7. The maximum absolute atomic E-state index is 12.4. The molecule has 1 saturated heterocycles. The predicted molar refractivity (Wildman–Crippen MR) is 92.0 cm³/mol. The molecule has 23 heavy (non-hydrogen) atoms. The van der Waals surface area contributed by atoms with E-state index in [9.17, 15) is 4.79 Å². The van der Waals surface area contributed by atoms with Crippen LogP contribution in [0.1, 0.15) is 43.1 Å². The number of nitrogens with one attached hydrogen (secondary N) is 1. The number of hydrogen-bond donors (Lipinski definition) is 1. The zero-order chi connectivity index (χ0) is 16.2. The Kier molecular flexibility index (Phi) is 4.82. The first kappa shape index (κ1) is 15.8. The van der Waals surface area contributed by atoms with Crippen LogP contribution in [0.2, 0.25) is 0 Å². The zero-order valence-corrected chi connectivity index (χ0v) is 13.9. The van der Waals surface area contributed by atoms with E-state index in [1.165, 1.54) is 5.69 Å². The minimum absolute atomic E-state index is 0.0415. The number of likely N-dealkylation sites (tertiary alicyclic amines) is 1. The number of aromatic nitrogens is 1. The van der Waals surface area contributed by atoms with Crippen LogP contribution >= 0.6 is 0 Å². The Labute approximate surface area is 138 Å². The number of rotatable bonds is 5. The Hall–Kier alpha value is -2.07. The average molecular weight is 311 g/mol. The highest BCUT2D eigenvalue weighted by Crippen LogP contribution is 2.31. The summed E-state index contributed by atoms with van der Waals surface area (Å²) in [5, 5.41) is 3.12. The van der Waals surface area contributed by atoms with E-state index in [0.29, 0.717) is 12.6 Å². The topological polar surface area (TPSA) is 37.3 Å². The van der Waals surface area contributed by atoms with Crippen molar-refractivity contribution in [3.05, 3.63) is 59.9 Å². The van der Waals surface area contributed by atoms with Gasteiger partial charge in [0.05, 0.1) is 18.6 Å². The van der Waals surface area contributed by atoms with Gasteiger partial charge in [0.15, 0.2) is 0 Å². The fraction of sp³-hybridized carbons (Fsp3) is 0.421. The van der Waals surface area contributed by atoms with Crippen molar-refractivity contribution in [2.24, 2.45) is 7.05 Å². The van der Waals surface area contributed by atoms with Gasteiger partial charge in [-0.05, 0) is 44.0 Å². The lowest BCUT2D eigenvalue weighted by molar-refractivity contribution is -0.123. The maximum atomic E-state index is 12.4. The highest BCUT2D eigenvalue weighted by atomic mass is 16.2. The molecule has 2 heterocycles. The molecule has 1 aliphatic heterocycles. The molecule has 4 heteroatoms. The number of nitrogens with zero attached hydrogens (tertiary/aromatic N) is 2. The summed E-state index contributed by atoms with van der Waals surface area (Å²) >= 11 is 0. The van der Waals surface area contributed by atoms with E-state index < -0.39 is 0 Å². The molecule has 0 radical (unpaired) electrons. The minimum atomic E-state index is 0.0415. The molecule has 0 saturated carbocycles. The minimum Gasteiger partial charge on any atom is -0.353 e. The number of carbonyl (C=O) groups is 1. The van der Waals surface area contributed by atoms with E-state index >= 15 is 0 Å². The molecule has 1 aromatic carbocycles. The molecule has 4 nitrogen and oxygen atoms in total. The maximum Gasteiger partial charge on any atom is 0.234 e. The molecule has 0 bridgehead atoms. The van der Waals surface area contributed by atoms with Crippen LogP contribution in [0.4, 0.5) is 0 Å². The lowest BCUT2D eigenvalue weighted by Gasteiger charge is -2.25. The molecule has 1 aliphatic rings. The first-order valence-electron chi connectivity index (χ1n) is 8.35. The summed E-state index contributed by atoms with van der Waals surface area (Å²) in [6.07, 6.45) is 4.35. The number of hydrogen-bond acceptors (Lipinski definition) is 2. The summed E-state index contributed by atoms with van der Waals surface area (Å²) in [4.78, 5) is 14.7. The van der Waals surface area contributed by atoms with Crippen molar-refractivity contribution in [1.29, 1.82) is 0 Å². The summed E-state index contributed by atoms with van der Waals surface area (Å²) in [6.45, 7) is 3.49. The molecule has 1 amide bonds. The molecule has 2 aromatic rings. The second kappa shape index (κ2) is 7.01. The molecule has 0 unspecified atom stereocenters. The highest BCUT2D eigenvalue weighted by molar-refractivity contribution is 5.78. The third-order valence-electron chi connectivity index (χ3n) is 4.71. The lowest BCUT2D eigenvalue weighted by Crippen LogP contribution is -2.38. The van der Waals surface area contributed by atoms with Gasteiger partial charge in [-0.3, -0.25) is 9.69 Å². The largest absolute Gasteiger partial charge is 0.353 e. The molecular formula is C19H25N3O. The van der Waals surface area contributed by atoms with E-state index in [-0.39, 0.29) is 11.9 Å². The van der Waals surface area contributed by atoms with Crippen molar-refractivity contribution in [2.75, 3.05) is 13.1 Å². The summed E-state index contributed by atoms with van der Waals surface area (Å²) in [7, 11) is 2.07. The van der Waals surface area contributed by atoms with Crippen molar-refractivity contribution in [1.82, 2.24) is 14.8 Å². The van der Waals surface area contributed by atoms with Crippen LogP contribution in [-0.2, 0) is 11.8 Å². The van der Waals surface area contributed by atoms with E-state index in [2.05, 4.69) is 40.2 Å². The van der Waals surface area contributed by atoms with Crippen molar-refractivity contribution >= 4 is 5.91 Å². The molecule has 0 spiro atoms. The third-order valence-corrected chi connectivity index (χ3v) is 4.71. The smallest absolute Gasteiger partial charge is 0.234 e. The third kappa shape index (κ3) is 3.64. The summed E-state index contributed by atoms with van der Waals surface area (Å²) in [5.74, 6) is 0.0995. The van der Waals surface area contributed by atoms with Crippen molar-refractivity contribution < 1.29 is 4.79 Å². The second-order valence-corrected chi connectivity index (χ2v) is 6.37. The van der Waals surface area contributed by atoms with Crippen LogP contribution < -0.4 is 5.32 Å². The Morgan fingerprint density at radius 2 is 2.04 bits per heavy atom. The van der Waals surface area contributed by atoms with Crippen LogP contribution in [0.5, 0.6) is 0 Å². The average Bonchev–Trinajstić information content (AvgIpc) is 3.16. The molecule has 1 N–H and O–H groups in total. The Morgan fingerprint density at radius 1 is 1.26 bits per heavy atom. The van der Waals surface area contributed by atoms with Gasteiger partial charge in [0.25, 0.3) is 0 Å². The monoisotopic (exact) mass is 311 g/mol. The molecule has 122 valence electrons. The molecule has 1 aromatic heterocycles. The van der Waals surface area contributed by atoms with Crippen molar-refractivity contribution in [3.63, 3.8) is 0 Å². The first-order valence-corrected chi connectivity index (χ1v) is 8.35. The number of carbonyl (C=O) groups excluding carboxylic acids is 1. The summed E-state index contributed by atoms with van der Waals surface area (Å²) in [5.41, 5.74) is 2.44. The second-order valence-electron chi connectivity index (χ2n) is 6.37. The van der Waals surface area contributed by atoms with Gasteiger partial charge in [0.1, 0.15) is 0 Å². The van der Waals surface area contributed by atoms with E-state index in [1.54, 1.807) is 0 Å². The van der Waals surface area contributed by atoms with Crippen LogP contribution in [0.25, 0.3) is 0 Å². The first-order chi connectivity index (χ1) is 11.1. The Morgan fingerprint density at radius 3 is 2.74 bits per heavy atom. The predicted octanol–water partition coefficient (Wildman–Crippen LogP) is 3.04. The molecule has 3 rings (SSSR count). The van der Waals surface area contributed by atoms with Gasteiger partial charge >= 0.3 is 0 Å². The summed E-state index contributed by atoms with van der Waals surface area (Å²) < 4.78 is 2.16. The molecule has 2 atom stereocenters. The Balaban J connectivity index is 1.60. The number of amides is 1. The highest BCUT2D eigenvalue weighted by Gasteiger charge is 2.29. The quantitative estimate of drug-likeness (QED) is 0.921. The van der Waals surface area contributed by atoms with E-state index in [1.807, 2.05) is 37.3 Å². The van der Waals surface area contributed by atoms with Gasteiger partial charge in [-0.2, -0.15) is 0 Å². The molecular weight excluding hydrogens is 286 g/mol. The van der Waals surface area contributed by atoms with E-state index in [0.717, 1.165) is 24.9 Å². The van der Waals surface area contributed by atoms with E-state index in [4.69, 9.17) is 0 Å². The van der Waals surface area contributed by atoms with Crippen LogP contribution in [-0.4, -0.2) is 28.5 Å². The van der Waals surface area contributed by atoms with Crippen LogP contribution in [0.3, 0.4) is 0 Å². The standard InChI is InChI=1S/C19H25N3O/c1-15(16-8-4-3-5-9-16)20-19(23)14-22-13-7-11-18(22)17-10-6-12-21(17)2/h3-6,8-10,12,15,18H,7,11,13-14H2,1-2H3,(H,20,23)/t15-,18+/m0/s1. The van der Waals surface area contributed by atoms with Crippen LogP contribution in [0.15, 0.2) is 48.7 Å². The number of aryl methyl sites for hydroxylation is 1. The fourth-order valence-electron chi connectivity index (χ4n) is 3.47. The Bertz CT molecular complexity index is 650. The van der Waals surface area contributed by atoms with Crippen LogP contribution in [0, 0.1) is 0 Å². The number of benzene rings is 1. The fourth-order valence-corrected chi connectivity index (χ4v) is 3.47. The molecule has 0 aliphatic carbocycles. The van der Waals surface area contributed by atoms with Gasteiger partial charge in [-0.15, -0.1) is 0 Å². The van der Waals surface area contributed by atoms with Gasteiger partial charge in [0.2, 0.25) is 5.91 Å².